The number of imidazole rings is 1. The second-order valence-electron chi connectivity index (χ2n) is 8.20. The first-order chi connectivity index (χ1) is 14.6. The van der Waals surface area contributed by atoms with Gasteiger partial charge in [0.2, 0.25) is 0 Å². The van der Waals surface area contributed by atoms with Crippen LogP contribution in [0.1, 0.15) is 54.0 Å². The van der Waals surface area contributed by atoms with Gasteiger partial charge in [0.15, 0.2) is 11.4 Å². The van der Waals surface area contributed by atoms with Crippen molar-refractivity contribution < 1.29 is 18.3 Å². The summed E-state index contributed by atoms with van der Waals surface area (Å²) < 4.78 is 35.3. The molecule has 2 aromatic heterocycles. The van der Waals surface area contributed by atoms with Crippen molar-refractivity contribution >= 4 is 11.6 Å². The lowest BCUT2D eigenvalue weighted by Gasteiger charge is -2.24. The van der Waals surface area contributed by atoms with Crippen molar-refractivity contribution in [1.29, 1.82) is 0 Å². The molecule has 1 atom stereocenters. The Labute approximate surface area is 180 Å². The standard InChI is InChI=1S/C23H28F2N4O2/c1-5-9-23(4,26)13-27-22(30)20-15(3)28-21-19(10-14(2)11-29(20)21)31-12-16-17(24)7-6-8-18(16)25/h6-8,10-11H,5,9,12-13,26H2,1-4H3,(H,27,30). The zero-order valence-electron chi connectivity index (χ0n) is 18.3. The van der Waals surface area contributed by atoms with Crippen LogP contribution in [0.5, 0.6) is 5.75 Å². The monoisotopic (exact) mass is 430 g/mol. The van der Waals surface area contributed by atoms with Crippen molar-refractivity contribution in [2.75, 3.05) is 6.54 Å². The number of hydrogen-bond donors (Lipinski definition) is 2. The lowest BCUT2D eigenvalue weighted by atomic mass is 9.98. The second kappa shape index (κ2) is 9.01. The van der Waals surface area contributed by atoms with Gasteiger partial charge in [-0.1, -0.05) is 19.4 Å². The smallest absolute Gasteiger partial charge is 0.270 e. The van der Waals surface area contributed by atoms with Crippen LogP contribution < -0.4 is 15.8 Å². The number of aryl methyl sites for hydroxylation is 2. The van der Waals surface area contributed by atoms with E-state index in [-0.39, 0.29) is 18.1 Å². The van der Waals surface area contributed by atoms with Gasteiger partial charge >= 0.3 is 0 Å². The van der Waals surface area contributed by atoms with Crippen LogP contribution in [0.25, 0.3) is 5.65 Å². The average Bonchev–Trinajstić information content (AvgIpc) is 3.01. The Morgan fingerprint density at radius 2 is 1.97 bits per heavy atom. The molecule has 31 heavy (non-hydrogen) atoms. The number of nitrogens with one attached hydrogen (secondary N) is 1. The molecule has 0 aliphatic rings. The molecule has 2 heterocycles. The van der Waals surface area contributed by atoms with Crippen LogP contribution in [0.2, 0.25) is 0 Å². The highest BCUT2D eigenvalue weighted by Crippen LogP contribution is 2.26. The van der Waals surface area contributed by atoms with E-state index in [0.717, 1.165) is 18.4 Å². The molecule has 0 radical (unpaired) electrons. The number of amides is 1. The molecule has 0 aliphatic heterocycles. The third-order valence-corrected chi connectivity index (χ3v) is 5.12. The van der Waals surface area contributed by atoms with Crippen molar-refractivity contribution in [3.63, 3.8) is 0 Å². The van der Waals surface area contributed by atoms with Gasteiger partial charge in [-0.15, -0.1) is 0 Å². The van der Waals surface area contributed by atoms with Gasteiger partial charge in [-0.2, -0.15) is 0 Å². The molecule has 6 nitrogen and oxygen atoms in total. The summed E-state index contributed by atoms with van der Waals surface area (Å²) in [7, 11) is 0. The van der Waals surface area contributed by atoms with E-state index >= 15 is 0 Å². The first-order valence-corrected chi connectivity index (χ1v) is 10.2. The zero-order chi connectivity index (χ0) is 22.8. The Hall–Kier alpha value is -3.00. The van der Waals surface area contributed by atoms with Gasteiger partial charge in [0.1, 0.15) is 23.9 Å². The van der Waals surface area contributed by atoms with E-state index in [1.165, 1.54) is 18.2 Å². The van der Waals surface area contributed by atoms with E-state index in [1.807, 2.05) is 20.8 Å². The molecular weight excluding hydrogens is 402 g/mol. The highest BCUT2D eigenvalue weighted by Gasteiger charge is 2.23. The SMILES string of the molecule is CCCC(C)(N)CNC(=O)c1c(C)nc2c(OCc3c(F)cccc3F)cc(C)cn12. The van der Waals surface area contributed by atoms with Gasteiger partial charge in [0, 0.05) is 18.3 Å². The third-order valence-electron chi connectivity index (χ3n) is 5.12. The maximum Gasteiger partial charge on any atom is 0.270 e. The minimum Gasteiger partial charge on any atom is -0.485 e. The number of rotatable bonds is 8. The number of nitrogens with zero attached hydrogens (tertiary/aromatic N) is 2. The number of carbonyl (C=O) groups excluding carboxylic acids is 1. The number of hydrogen-bond acceptors (Lipinski definition) is 4. The summed E-state index contributed by atoms with van der Waals surface area (Å²) in [6.45, 7) is 7.53. The van der Waals surface area contributed by atoms with Crippen LogP contribution in [0.3, 0.4) is 0 Å². The number of benzene rings is 1. The Balaban J connectivity index is 1.90. The molecule has 0 saturated heterocycles. The van der Waals surface area contributed by atoms with Crippen molar-refractivity contribution in [2.24, 2.45) is 5.73 Å². The van der Waals surface area contributed by atoms with Gasteiger partial charge in [-0.25, -0.2) is 13.8 Å². The van der Waals surface area contributed by atoms with Crippen molar-refractivity contribution in [2.45, 2.75) is 52.7 Å². The number of carbonyl (C=O) groups is 1. The summed E-state index contributed by atoms with van der Waals surface area (Å²) in [5.74, 6) is -1.32. The second-order valence-corrected chi connectivity index (χ2v) is 8.20. The number of ether oxygens (including phenoxy) is 1. The van der Waals surface area contributed by atoms with Gasteiger partial charge in [0.05, 0.1) is 11.3 Å². The van der Waals surface area contributed by atoms with E-state index in [4.69, 9.17) is 10.5 Å². The molecule has 0 saturated carbocycles. The molecule has 3 rings (SSSR count). The molecule has 8 heteroatoms. The highest BCUT2D eigenvalue weighted by atomic mass is 19.1. The van der Waals surface area contributed by atoms with E-state index in [1.54, 1.807) is 23.6 Å². The molecule has 1 aromatic carbocycles. The van der Waals surface area contributed by atoms with Crippen molar-refractivity contribution in [1.82, 2.24) is 14.7 Å². The average molecular weight is 430 g/mol. The molecule has 0 aliphatic carbocycles. The summed E-state index contributed by atoms with van der Waals surface area (Å²) >= 11 is 0. The number of pyridine rings is 1. The Morgan fingerprint density at radius 1 is 1.29 bits per heavy atom. The van der Waals surface area contributed by atoms with Crippen LogP contribution in [0.15, 0.2) is 30.5 Å². The zero-order valence-corrected chi connectivity index (χ0v) is 18.3. The summed E-state index contributed by atoms with van der Waals surface area (Å²) in [6.07, 6.45) is 3.47. The summed E-state index contributed by atoms with van der Waals surface area (Å²) in [5, 5.41) is 2.89. The molecule has 3 N–H and O–H groups in total. The number of aromatic nitrogens is 2. The fourth-order valence-electron chi connectivity index (χ4n) is 3.58. The Kier molecular flexibility index (Phi) is 6.59. The summed E-state index contributed by atoms with van der Waals surface area (Å²) in [4.78, 5) is 17.4. The lowest BCUT2D eigenvalue weighted by Crippen LogP contribution is -2.47. The minimum atomic E-state index is -0.680. The fraction of sp³-hybridized carbons (Fsp3) is 0.391. The predicted octanol–water partition coefficient (Wildman–Crippen LogP) is 4.06. The molecule has 0 fully saturated rings. The molecule has 0 spiro atoms. The Bertz CT molecular complexity index is 1090. The quantitative estimate of drug-likeness (QED) is 0.565. The van der Waals surface area contributed by atoms with Crippen LogP contribution >= 0.6 is 0 Å². The van der Waals surface area contributed by atoms with E-state index < -0.39 is 17.2 Å². The van der Waals surface area contributed by atoms with Gasteiger partial charge in [-0.3, -0.25) is 9.20 Å². The highest BCUT2D eigenvalue weighted by molar-refractivity contribution is 5.95. The molecule has 0 bridgehead atoms. The van der Waals surface area contributed by atoms with Crippen LogP contribution in [-0.2, 0) is 6.61 Å². The first kappa shape index (κ1) is 22.7. The first-order valence-electron chi connectivity index (χ1n) is 10.2. The predicted molar refractivity (Wildman–Crippen MR) is 115 cm³/mol. The third kappa shape index (κ3) is 5.02. The van der Waals surface area contributed by atoms with E-state index in [2.05, 4.69) is 10.3 Å². The van der Waals surface area contributed by atoms with E-state index in [0.29, 0.717) is 29.3 Å². The van der Waals surface area contributed by atoms with E-state index in [9.17, 15) is 13.6 Å². The lowest BCUT2D eigenvalue weighted by molar-refractivity contribution is 0.0937. The topological polar surface area (TPSA) is 81.6 Å². The molecule has 1 amide bonds. The molecular formula is C23H28F2N4O2. The number of fused-ring (bicyclic) bond motifs is 1. The minimum absolute atomic E-state index is 0.165. The van der Waals surface area contributed by atoms with Crippen molar-refractivity contribution in [3.05, 3.63) is 64.6 Å². The largest absolute Gasteiger partial charge is 0.485 e. The molecule has 3 aromatic rings. The molecule has 1 unspecified atom stereocenters. The van der Waals surface area contributed by atoms with Crippen molar-refractivity contribution in [3.8, 4) is 5.75 Å². The summed E-state index contributed by atoms with van der Waals surface area (Å²) in [6, 6.07) is 5.38. The number of halogens is 2. The van der Waals surface area contributed by atoms with Crippen LogP contribution in [0.4, 0.5) is 8.78 Å². The fourth-order valence-corrected chi connectivity index (χ4v) is 3.58. The Morgan fingerprint density at radius 3 is 2.61 bits per heavy atom. The van der Waals surface area contributed by atoms with Gasteiger partial charge in [-0.05, 0) is 51.0 Å². The summed E-state index contributed by atoms with van der Waals surface area (Å²) in [5.41, 5.74) is 7.64. The van der Waals surface area contributed by atoms with Gasteiger partial charge in [0.25, 0.3) is 5.91 Å². The number of nitrogens with two attached hydrogens (primary N) is 1. The maximum atomic E-state index is 14.0. The molecule has 166 valence electrons. The maximum absolute atomic E-state index is 14.0. The normalized spacial score (nSPS) is 13.3. The van der Waals surface area contributed by atoms with Crippen LogP contribution in [0, 0.1) is 25.5 Å². The van der Waals surface area contributed by atoms with Crippen LogP contribution in [-0.4, -0.2) is 27.4 Å². The van der Waals surface area contributed by atoms with Gasteiger partial charge < -0.3 is 15.8 Å².